The first kappa shape index (κ1) is 21.1. The highest BCUT2D eigenvalue weighted by Gasteiger charge is 2.31. The molecule has 0 radical (unpaired) electrons. The minimum absolute atomic E-state index is 0.146. The van der Waals surface area contributed by atoms with Crippen LogP contribution in [0.15, 0.2) is 18.2 Å². The molecule has 1 heterocycles. The van der Waals surface area contributed by atoms with E-state index in [0.717, 1.165) is 4.90 Å². The quantitative estimate of drug-likeness (QED) is 0.571. The average molecular weight is 392 g/mol. The van der Waals surface area contributed by atoms with Gasteiger partial charge in [-0.25, -0.2) is 0 Å². The molecule has 0 fully saturated rings. The predicted octanol–water partition coefficient (Wildman–Crippen LogP) is 1.08. The Morgan fingerprint density at radius 2 is 2.04 bits per heavy atom. The van der Waals surface area contributed by atoms with Gasteiger partial charge in [0, 0.05) is 24.2 Å². The maximum absolute atomic E-state index is 12.7. The van der Waals surface area contributed by atoms with Crippen LogP contribution in [0.5, 0.6) is 5.75 Å². The van der Waals surface area contributed by atoms with Gasteiger partial charge < -0.3 is 15.0 Å². The first-order chi connectivity index (χ1) is 13.0. The molecule has 3 amide bonds. The van der Waals surface area contributed by atoms with Crippen molar-refractivity contribution in [1.29, 1.82) is 0 Å². The van der Waals surface area contributed by atoms with E-state index in [1.165, 1.54) is 23.1 Å². The molecule has 0 spiro atoms. The summed E-state index contributed by atoms with van der Waals surface area (Å²) in [6.45, 7) is 6.74. The van der Waals surface area contributed by atoms with Crippen LogP contribution in [-0.2, 0) is 14.4 Å². The van der Waals surface area contributed by atoms with Crippen LogP contribution >= 0.6 is 0 Å². The van der Waals surface area contributed by atoms with Crippen molar-refractivity contribution in [3.8, 4) is 5.75 Å². The lowest BCUT2D eigenvalue weighted by Gasteiger charge is -2.31. The number of likely N-dealkylation sites (N-methyl/N-ethyl adjacent to an activating group) is 1. The summed E-state index contributed by atoms with van der Waals surface area (Å²) >= 11 is 0. The highest BCUT2D eigenvalue weighted by molar-refractivity contribution is 6.02. The molecule has 1 aliphatic heterocycles. The number of benzene rings is 1. The number of fused-ring (bicyclic) bond motifs is 1. The van der Waals surface area contributed by atoms with Crippen LogP contribution in [0.2, 0.25) is 0 Å². The fourth-order valence-corrected chi connectivity index (χ4v) is 2.72. The zero-order chi connectivity index (χ0) is 21.1. The van der Waals surface area contributed by atoms with Crippen LogP contribution in [0.25, 0.3) is 0 Å². The van der Waals surface area contributed by atoms with Crippen LogP contribution in [-0.4, -0.2) is 59.3 Å². The van der Waals surface area contributed by atoms with E-state index < -0.39 is 22.3 Å². The number of nitro benzene ring substituents is 1. The number of nitrogens with zero attached hydrogens (tertiary/aromatic N) is 3. The van der Waals surface area contributed by atoms with Gasteiger partial charge in [-0.3, -0.25) is 29.4 Å². The van der Waals surface area contributed by atoms with Crippen molar-refractivity contribution in [2.75, 3.05) is 31.1 Å². The Morgan fingerprint density at radius 3 is 2.61 bits per heavy atom. The van der Waals surface area contributed by atoms with Crippen molar-refractivity contribution in [2.45, 2.75) is 33.2 Å². The summed E-state index contributed by atoms with van der Waals surface area (Å²) in [4.78, 5) is 50.0. The van der Waals surface area contributed by atoms with Crippen LogP contribution < -0.4 is 15.0 Å². The highest BCUT2D eigenvalue weighted by atomic mass is 16.6. The minimum atomic E-state index is -0.589. The zero-order valence-corrected chi connectivity index (χ0v) is 16.4. The molecule has 1 aromatic carbocycles. The third-order valence-electron chi connectivity index (χ3n) is 3.97. The first-order valence-corrected chi connectivity index (χ1v) is 8.82. The Bertz CT molecular complexity index is 802. The Balaban J connectivity index is 2.18. The molecule has 0 atom stereocenters. The second-order valence-corrected chi connectivity index (χ2v) is 7.38. The van der Waals surface area contributed by atoms with Crippen molar-refractivity contribution < 1.29 is 24.0 Å². The molecule has 28 heavy (non-hydrogen) atoms. The molecule has 1 N–H and O–H groups in total. The number of nitro groups is 1. The number of anilines is 1. The Labute approximate surface area is 162 Å². The van der Waals surface area contributed by atoms with Crippen molar-refractivity contribution in [2.24, 2.45) is 0 Å². The van der Waals surface area contributed by atoms with Crippen LogP contribution in [0.1, 0.15) is 27.7 Å². The highest BCUT2D eigenvalue weighted by Crippen LogP contribution is 2.35. The van der Waals surface area contributed by atoms with Gasteiger partial charge in [-0.1, -0.05) is 0 Å². The Hall–Kier alpha value is -3.17. The second kappa shape index (κ2) is 8.24. The molecular formula is C18H24N4O6. The number of non-ortho nitro benzene ring substituents is 1. The fraction of sp³-hybridized carbons (Fsp3) is 0.500. The minimum Gasteiger partial charge on any atom is -0.482 e. The molecule has 0 aliphatic carbocycles. The maximum Gasteiger partial charge on any atom is 0.271 e. The molecule has 1 aliphatic rings. The summed E-state index contributed by atoms with van der Waals surface area (Å²) in [5.41, 5.74) is -0.488. The smallest absolute Gasteiger partial charge is 0.271 e. The molecule has 1 aromatic rings. The van der Waals surface area contributed by atoms with Gasteiger partial charge in [-0.05, 0) is 33.8 Å². The van der Waals surface area contributed by atoms with Gasteiger partial charge >= 0.3 is 0 Å². The summed E-state index contributed by atoms with van der Waals surface area (Å²) in [6.07, 6.45) is 0. The van der Waals surface area contributed by atoms with E-state index in [0.29, 0.717) is 0 Å². The lowest BCUT2D eigenvalue weighted by molar-refractivity contribution is -0.384. The van der Waals surface area contributed by atoms with E-state index in [1.54, 1.807) is 6.92 Å². The lowest BCUT2D eigenvalue weighted by Crippen LogP contribution is -2.50. The molecule has 10 nitrogen and oxygen atoms in total. The van der Waals surface area contributed by atoms with Gasteiger partial charge in [0.05, 0.1) is 17.2 Å². The summed E-state index contributed by atoms with van der Waals surface area (Å²) in [7, 11) is 0. The maximum atomic E-state index is 12.7. The number of nitrogens with one attached hydrogen (secondary N) is 1. The number of ether oxygens (including phenoxy) is 1. The van der Waals surface area contributed by atoms with E-state index in [2.05, 4.69) is 5.32 Å². The number of carbonyl (C=O) groups is 3. The number of hydrogen-bond acceptors (Lipinski definition) is 6. The molecule has 152 valence electrons. The van der Waals surface area contributed by atoms with Gasteiger partial charge in [-0.2, -0.15) is 0 Å². The molecular weight excluding hydrogens is 368 g/mol. The summed E-state index contributed by atoms with van der Waals surface area (Å²) in [6, 6.07) is 3.86. The molecule has 0 saturated carbocycles. The van der Waals surface area contributed by atoms with Gasteiger partial charge in [0.2, 0.25) is 11.8 Å². The standard InChI is InChI=1S/C18H24N4O6/c1-5-20(9-15(23)19-18(2,3)4)16(24)10-21-13-8-12(22(26)27)6-7-14(13)28-11-17(21)25/h6-8H,5,9-11H2,1-4H3,(H,19,23). The van der Waals surface area contributed by atoms with Crippen molar-refractivity contribution in [1.82, 2.24) is 10.2 Å². The van der Waals surface area contributed by atoms with Gasteiger partial charge in [-0.15, -0.1) is 0 Å². The van der Waals surface area contributed by atoms with Crippen LogP contribution in [0, 0.1) is 10.1 Å². The van der Waals surface area contributed by atoms with Crippen molar-refractivity contribution >= 4 is 29.1 Å². The summed E-state index contributed by atoms with van der Waals surface area (Å²) in [5.74, 6) is -0.964. The molecule has 0 saturated heterocycles. The zero-order valence-electron chi connectivity index (χ0n) is 16.4. The predicted molar refractivity (Wildman–Crippen MR) is 101 cm³/mol. The average Bonchev–Trinajstić information content (AvgIpc) is 2.59. The van der Waals surface area contributed by atoms with E-state index in [1.807, 2.05) is 20.8 Å². The van der Waals surface area contributed by atoms with E-state index in [-0.39, 0.29) is 49.3 Å². The molecule has 0 bridgehead atoms. The molecule has 10 heteroatoms. The van der Waals surface area contributed by atoms with E-state index >= 15 is 0 Å². The number of hydrogen-bond donors (Lipinski definition) is 1. The van der Waals surface area contributed by atoms with Gasteiger partial charge in [0.15, 0.2) is 6.61 Å². The second-order valence-electron chi connectivity index (χ2n) is 7.38. The van der Waals surface area contributed by atoms with Crippen molar-refractivity contribution in [3.05, 3.63) is 28.3 Å². The third kappa shape index (κ3) is 5.18. The fourth-order valence-electron chi connectivity index (χ4n) is 2.72. The SMILES string of the molecule is CCN(CC(=O)NC(C)(C)C)C(=O)CN1C(=O)COc2ccc([N+](=O)[O-])cc21. The van der Waals surface area contributed by atoms with Gasteiger partial charge in [0.25, 0.3) is 11.6 Å². The largest absolute Gasteiger partial charge is 0.482 e. The summed E-state index contributed by atoms with van der Waals surface area (Å²) in [5, 5.41) is 13.8. The number of carbonyl (C=O) groups excluding carboxylic acids is 3. The van der Waals surface area contributed by atoms with Crippen LogP contribution in [0.3, 0.4) is 0 Å². The summed E-state index contributed by atoms with van der Waals surface area (Å²) < 4.78 is 5.29. The van der Waals surface area contributed by atoms with E-state index in [4.69, 9.17) is 4.74 Å². The normalized spacial score (nSPS) is 13.4. The number of rotatable bonds is 6. The number of amides is 3. The van der Waals surface area contributed by atoms with Gasteiger partial charge in [0.1, 0.15) is 12.3 Å². The topological polar surface area (TPSA) is 122 Å². The molecule has 2 rings (SSSR count). The lowest BCUT2D eigenvalue weighted by atomic mass is 10.1. The third-order valence-corrected chi connectivity index (χ3v) is 3.97. The molecule has 0 aromatic heterocycles. The van der Waals surface area contributed by atoms with E-state index in [9.17, 15) is 24.5 Å². The first-order valence-electron chi connectivity index (χ1n) is 8.82. The van der Waals surface area contributed by atoms with Crippen LogP contribution in [0.4, 0.5) is 11.4 Å². The Kier molecular flexibility index (Phi) is 6.22. The monoisotopic (exact) mass is 392 g/mol. The van der Waals surface area contributed by atoms with Crippen molar-refractivity contribution in [3.63, 3.8) is 0 Å². The molecule has 0 unspecified atom stereocenters. The Morgan fingerprint density at radius 1 is 1.36 bits per heavy atom.